The molecule has 2 N–H and O–H groups in total. The molecule has 21 heavy (non-hydrogen) atoms. The molecule has 1 aromatic heterocycles. The van der Waals surface area contributed by atoms with Crippen LogP contribution in [0.15, 0.2) is 4.42 Å². The number of aryl methyl sites for hydroxylation is 2. The van der Waals surface area contributed by atoms with E-state index in [1.54, 1.807) is 0 Å². The number of hydrogen-bond donors (Lipinski definition) is 2. The molecule has 0 radical (unpaired) electrons. The molecule has 6 heteroatoms. The van der Waals surface area contributed by atoms with E-state index >= 15 is 0 Å². The largest absolute Gasteiger partial charge is 0.444 e. The van der Waals surface area contributed by atoms with Crippen LogP contribution >= 0.6 is 0 Å². The number of rotatable bonds is 4. The van der Waals surface area contributed by atoms with Crippen LogP contribution < -0.4 is 10.6 Å². The van der Waals surface area contributed by atoms with Gasteiger partial charge in [0.15, 0.2) is 0 Å². The van der Waals surface area contributed by atoms with Gasteiger partial charge < -0.3 is 19.8 Å². The van der Waals surface area contributed by atoms with Crippen molar-refractivity contribution in [2.24, 2.45) is 0 Å². The highest BCUT2D eigenvalue weighted by molar-refractivity contribution is 5.68. The molecule has 1 heterocycles. The molecule has 0 aliphatic heterocycles. The van der Waals surface area contributed by atoms with Crippen LogP contribution in [0.2, 0.25) is 0 Å². The molecule has 0 saturated heterocycles. The molecule has 2 rings (SSSR count). The van der Waals surface area contributed by atoms with Crippen LogP contribution in [0, 0.1) is 13.8 Å². The van der Waals surface area contributed by atoms with Gasteiger partial charge in [-0.2, -0.15) is 0 Å². The molecule has 1 amide bonds. The lowest BCUT2D eigenvalue weighted by molar-refractivity contribution is 0.0464. The van der Waals surface area contributed by atoms with Crippen molar-refractivity contribution in [3.05, 3.63) is 17.3 Å². The first-order valence-electron chi connectivity index (χ1n) is 7.39. The van der Waals surface area contributed by atoms with Crippen molar-refractivity contribution in [3.8, 4) is 0 Å². The zero-order chi connectivity index (χ0) is 15.6. The van der Waals surface area contributed by atoms with Gasteiger partial charge in [-0.1, -0.05) is 0 Å². The summed E-state index contributed by atoms with van der Waals surface area (Å²) in [5.41, 5.74) is 0.483. The van der Waals surface area contributed by atoms with E-state index in [1.807, 2.05) is 34.6 Å². The number of carbonyl (C=O) groups is 1. The summed E-state index contributed by atoms with van der Waals surface area (Å²) in [5, 5.41) is 6.25. The molecule has 1 aromatic rings. The third kappa shape index (κ3) is 4.74. The lowest BCUT2D eigenvalue weighted by Crippen LogP contribution is -2.53. The first-order chi connectivity index (χ1) is 9.73. The van der Waals surface area contributed by atoms with Gasteiger partial charge in [0.1, 0.15) is 11.4 Å². The standard InChI is InChI=1S/C15H25N3O3/c1-9-10(2)20-13(17-9)8-16-11-6-12(7-11)18-14(19)21-15(3,4)5/h11-12,16H,6-8H2,1-5H3,(H,18,19). The molecule has 1 fully saturated rings. The second kappa shape index (κ2) is 6.05. The Kier molecular flexibility index (Phi) is 4.56. The zero-order valence-electron chi connectivity index (χ0n) is 13.4. The maximum absolute atomic E-state index is 11.6. The van der Waals surface area contributed by atoms with E-state index in [4.69, 9.17) is 9.15 Å². The van der Waals surface area contributed by atoms with Crippen molar-refractivity contribution in [2.45, 2.75) is 71.7 Å². The smallest absolute Gasteiger partial charge is 0.407 e. The van der Waals surface area contributed by atoms with Gasteiger partial charge in [0.05, 0.1) is 12.2 Å². The molecule has 0 spiro atoms. The Balaban J connectivity index is 1.64. The predicted molar refractivity (Wildman–Crippen MR) is 79.0 cm³/mol. The maximum Gasteiger partial charge on any atom is 0.407 e. The Morgan fingerprint density at radius 1 is 1.33 bits per heavy atom. The van der Waals surface area contributed by atoms with Crippen molar-refractivity contribution in [3.63, 3.8) is 0 Å². The number of nitrogens with one attached hydrogen (secondary N) is 2. The van der Waals surface area contributed by atoms with Crippen LogP contribution in [-0.2, 0) is 11.3 Å². The van der Waals surface area contributed by atoms with Crippen molar-refractivity contribution in [1.82, 2.24) is 15.6 Å². The number of oxazole rings is 1. The van der Waals surface area contributed by atoms with Gasteiger partial charge in [-0.3, -0.25) is 0 Å². The Labute approximate surface area is 125 Å². The van der Waals surface area contributed by atoms with Crippen molar-refractivity contribution < 1.29 is 13.9 Å². The average molecular weight is 295 g/mol. The van der Waals surface area contributed by atoms with E-state index in [0.29, 0.717) is 18.5 Å². The Morgan fingerprint density at radius 2 is 2.00 bits per heavy atom. The minimum atomic E-state index is -0.452. The molecular weight excluding hydrogens is 270 g/mol. The number of amides is 1. The number of ether oxygens (including phenoxy) is 1. The van der Waals surface area contributed by atoms with Crippen molar-refractivity contribution in [1.29, 1.82) is 0 Å². The van der Waals surface area contributed by atoms with Crippen molar-refractivity contribution >= 4 is 6.09 Å². The van der Waals surface area contributed by atoms with E-state index in [-0.39, 0.29) is 12.1 Å². The summed E-state index contributed by atoms with van der Waals surface area (Å²) in [6, 6.07) is 0.572. The van der Waals surface area contributed by atoms with Crippen LogP contribution in [0.4, 0.5) is 4.79 Å². The molecule has 1 aliphatic carbocycles. The molecule has 1 saturated carbocycles. The molecule has 0 unspecified atom stereocenters. The zero-order valence-corrected chi connectivity index (χ0v) is 13.4. The Hall–Kier alpha value is -1.56. The summed E-state index contributed by atoms with van der Waals surface area (Å²) >= 11 is 0. The number of hydrogen-bond acceptors (Lipinski definition) is 5. The summed E-state index contributed by atoms with van der Waals surface area (Å²) in [5.74, 6) is 1.58. The van der Waals surface area contributed by atoms with Crippen LogP contribution in [-0.4, -0.2) is 28.8 Å². The Morgan fingerprint density at radius 3 is 2.52 bits per heavy atom. The van der Waals surface area contributed by atoms with E-state index in [1.165, 1.54) is 0 Å². The topological polar surface area (TPSA) is 76.4 Å². The normalized spacial score (nSPS) is 21.8. The fraction of sp³-hybridized carbons (Fsp3) is 0.733. The summed E-state index contributed by atoms with van der Waals surface area (Å²) in [7, 11) is 0. The van der Waals surface area contributed by atoms with Crippen molar-refractivity contribution in [2.75, 3.05) is 0 Å². The number of aromatic nitrogens is 1. The SMILES string of the molecule is Cc1nc(CNC2CC(NC(=O)OC(C)(C)C)C2)oc1C. The number of carbonyl (C=O) groups excluding carboxylic acids is 1. The quantitative estimate of drug-likeness (QED) is 0.892. The molecule has 118 valence electrons. The molecular formula is C15H25N3O3. The summed E-state index contributed by atoms with van der Waals surface area (Å²) in [6.07, 6.45) is 1.46. The lowest BCUT2D eigenvalue weighted by Gasteiger charge is -2.36. The third-order valence-electron chi connectivity index (χ3n) is 3.47. The molecule has 6 nitrogen and oxygen atoms in total. The lowest BCUT2D eigenvalue weighted by atomic mass is 9.87. The fourth-order valence-electron chi connectivity index (χ4n) is 2.22. The van der Waals surface area contributed by atoms with Gasteiger partial charge >= 0.3 is 6.09 Å². The van der Waals surface area contributed by atoms with E-state index in [9.17, 15) is 4.79 Å². The summed E-state index contributed by atoms with van der Waals surface area (Å²) < 4.78 is 10.7. The second-order valence-electron chi connectivity index (χ2n) is 6.64. The number of alkyl carbamates (subject to hydrolysis) is 1. The second-order valence-corrected chi connectivity index (χ2v) is 6.64. The predicted octanol–water partition coefficient (Wildman–Crippen LogP) is 2.44. The van der Waals surface area contributed by atoms with E-state index < -0.39 is 5.60 Å². The molecule has 1 aliphatic rings. The molecule has 0 bridgehead atoms. The third-order valence-corrected chi connectivity index (χ3v) is 3.47. The van der Waals surface area contributed by atoms with E-state index in [0.717, 1.165) is 24.3 Å². The first-order valence-corrected chi connectivity index (χ1v) is 7.39. The van der Waals surface area contributed by atoms with Crippen LogP contribution in [0.25, 0.3) is 0 Å². The van der Waals surface area contributed by atoms with Crippen LogP contribution in [0.1, 0.15) is 51.0 Å². The van der Waals surface area contributed by atoms with Gasteiger partial charge in [0.2, 0.25) is 5.89 Å². The fourth-order valence-corrected chi connectivity index (χ4v) is 2.22. The van der Waals surface area contributed by atoms with Gasteiger partial charge in [0.25, 0.3) is 0 Å². The van der Waals surface area contributed by atoms with Crippen LogP contribution in [0.5, 0.6) is 0 Å². The average Bonchev–Trinajstić information content (AvgIpc) is 2.59. The number of nitrogens with zero attached hydrogens (tertiary/aromatic N) is 1. The van der Waals surface area contributed by atoms with Gasteiger partial charge in [-0.25, -0.2) is 9.78 Å². The monoisotopic (exact) mass is 295 g/mol. The van der Waals surface area contributed by atoms with Crippen LogP contribution in [0.3, 0.4) is 0 Å². The van der Waals surface area contributed by atoms with Gasteiger partial charge in [-0.15, -0.1) is 0 Å². The summed E-state index contributed by atoms with van der Waals surface area (Å²) in [6.45, 7) is 10.1. The minimum Gasteiger partial charge on any atom is -0.444 e. The summed E-state index contributed by atoms with van der Waals surface area (Å²) in [4.78, 5) is 15.9. The van der Waals surface area contributed by atoms with Gasteiger partial charge in [-0.05, 0) is 47.5 Å². The molecule has 0 atom stereocenters. The highest BCUT2D eigenvalue weighted by Crippen LogP contribution is 2.21. The highest BCUT2D eigenvalue weighted by atomic mass is 16.6. The van der Waals surface area contributed by atoms with E-state index in [2.05, 4.69) is 15.6 Å². The maximum atomic E-state index is 11.6. The highest BCUT2D eigenvalue weighted by Gasteiger charge is 2.31. The Bertz CT molecular complexity index is 479. The first kappa shape index (κ1) is 15.8. The minimum absolute atomic E-state index is 0.186. The van der Waals surface area contributed by atoms with Gasteiger partial charge in [0, 0.05) is 12.1 Å². The molecule has 0 aromatic carbocycles.